The van der Waals surface area contributed by atoms with E-state index in [1.165, 1.54) is 0 Å². The first-order chi connectivity index (χ1) is 8.91. The van der Waals surface area contributed by atoms with Crippen LogP contribution in [0.15, 0.2) is 12.1 Å². The molecule has 1 aromatic rings. The van der Waals surface area contributed by atoms with Gasteiger partial charge < -0.3 is 10.0 Å². The van der Waals surface area contributed by atoms with Crippen LogP contribution in [0.1, 0.15) is 16.8 Å². The maximum Gasteiger partial charge on any atom is 0.305 e. The molecule has 0 aromatic heterocycles. The molecule has 1 N–H and O–H groups in total. The number of hydrogen-bond donors (Lipinski definition) is 1. The largest absolute Gasteiger partial charge is 0.391 e. The number of aliphatic hydroxyl groups excluding tert-OH is 1. The van der Waals surface area contributed by atoms with Crippen LogP contribution in [-0.4, -0.2) is 40.0 Å². The molecule has 8 heteroatoms. The third-order valence-electron chi connectivity index (χ3n) is 2.93. The molecule has 0 unspecified atom stereocenters. The van der Waals surface area contributed by atoms with Gasteiger partial charge in [-0.25, -0.2) is 4.39 Å². The molecule has 1 heterocycles. The van der Waals surface area contributed by atoms with E-state index in [4.69, 9.17) is 0 Å². The number of halogens is 2. The van der Waals surface area contributed by atoms with E-state index in [1.54, 1.807) is 0 Å². The Kier molecular flexibility index (Phi) is 3.43. The predicted molar refractivity (Wildman–Crippen MR) is 59.5 cm³/mol. The summed E-state index contributed by atoms with van der Waals surface area (Å²) in [6.07, 6.45) is -0.432. The molecule has 0 spiro atoms. The zero-order chi connectivity index (χ0) is 14.2. The summed E-state index contributed by atoms with van der Waals surface area (Å²) in [7, 11) is 0. The number of rotatable bonds is 2. The van der Waals surface area contributed by atoms with Gasteiger partial charge in [-0.1, -0.05) is 0 Å². The average molecular weight is 272 g/mol. The second-order valence-electron chi connectivity index (χ2n) is 4.21. The maximum atomic E-state index is 13.8. The number of hydrogen-bond acceptors (Lipinski definition) is 4. The number of carbonyl (C=O) groups excluding carboxylic acids is 1. The van der Waals surface area contributed by atoms with Crippen LogP contribution in [0.25, 0.3) is 0 Å². The van der Waals surface area contributed by atoms with Gasteiger partial charge in [0.1, 0.15) is 11.4 Å². The average Bonchev–Trinajstić information content (AvgIpc) is 2.75. The van der Waals surface area contributed by atoms with Gasteiger partial charge in [-0.3, -0.25) is 14.9 Å². The highest BCUT2D eigenvalue weighted by Gasteiger charge is 2.32. The van der Waals surface area contributed by atoms with Crippen molar-refractivity contribution in [2.24, 2.45) is 0 Å². The van der Waals surface area contributed by atoms with Gasteiger partial charge in [0.05, 0.1) is 11.0 Å². The van der Waals surface area contributed by atoms with Crippen molar-refractivity contribution in [3.05, 3.63) is 39.4 Å². The number of β-amino-alcohol motifs (C(OH)–C–C–N with tert-alkyl or cyclic N) is 1. The Bertz CT molecular complexity index is 550. The number of benzene rings is 1. The number of nitro benzene ring substituents is 1. The topological polar surface area (TPSA) is 83.7 Å². The lowest BCUT2D eigenvalue weighted by Crippen LogP contribution is -2.31. The van der Waals surface area contributed by atoms with Crippen molar-refractivity contribution in [1.29, 1.82) is 0 Å². The Balaban J connectivity index is 2.41. The van der Waals surface area contributed by atoms with Crippen LogP contribution in [-0.2, 0) is 0 Å². The lowest BCUT2D eigenvalue weighted by Gasteiger charge is -2.16. The predicted octanol–water partition coefficient (Wildman–Crippen LogP) is 1.08. The van der Waals surface area contributed by atoms with Gasteiger partial charge in [0.2, 0.25) is 5.82 Å². The molecular weight excluding hydrogens is 262 g/mol. The molecule has 0 saturated carbocycles. The van der Waals surface area contributed by atoms with Crippen molar-refractivity contribution < 1.29 is 23.6 Å². The van der Waals surface area contributed by atoms with E-state index in [0.29, 0.717) is 18.6 Å². The van der Waals surface area contributed by atoms with Gasteiger partial charge in [0.15, 0.2) is 0 Å². The molecule has 1 amide bonds. The zero-order valence-corrected chi connectivity index (χ0v) is 9.68. The Morgan fingerprint density at radius 3 is 2.68 bits per heavy atom. The smallest absolute Gasteiger partial charge is 0.305 e. The Morgan fingerprint density at radius 1 is 1.47 bits per heavy atom. The lowest BCUT2D eigenvalue weighted by molar-refractivity contribution is -0.387. The molecule has 102 valence electrons. The molecular formula is C11H10F2N2O4. The number of nitrogens with zero attached hydrogens (tertiary/aromatic N) is 2. The number of carbonyl (C=O) groups is 1. The SMILES string of the molecule is O=C(c1c(F)ccc([N+](=O)[O-])c1F)N1CC[C@H](O)C1. The summed E-state index contributed by atoms with van der Waals surface area (Å²) in [5, 5.41) is 19.8. The lowest BCUT2D eigenvalue weighted by atomic mass is 10.1. The molecule has 1 aliphatic rings. The van der Waals surface area contributed by atoms with Crippen LogP contribution in [0.2, 0.25) is 0 Å². The molecule has 1 aromatic carbocycles. The summed E-state index contributed by atoms with van der Waals surface area (Å²) in [5.41, 5.74) is -1.91. The fourth-order valence-corrected chi connectivity index (χ4v) is 1.96. The van der Waals surface area contributed by atoms with E-state index >= 15 is 0 Å². The molecule has 0 aliphatic carbocycles. The fourth-order valence-electron chi connectivity index (χ4n) is 1.96. The first-order valence-electron chi connectivity index (χ1n) is 5.51. The van der Waals surface area contributed by atoms with Crippen molar-refractivity contribution in [1.82, 2.24) is 4.90 Å². The normalized spacial score (nSPS) is 18.7. The minimum atomic E-state index is -1.49. The number of likely N-dealkylation sites (tertiary alicyclic amines) is 1. The highest BCUT2D eigenvalue weighted by Crippen LogP contribution is 2.25. The minimum absolute atomic E-state index is 0.0413. The third-order valence-corrected chi connectivity index (χ3v) is 2.93. The van der Waals surface area contributed by atoms with Crippen LogP contribution in [0, 0.1) is 21.7 Å². The van der Waals surface area contributed by atoms with E-state index in [2.05, 4.69) is 0 Å². The Hall–Kier alpha value is -2.09. The monoisotopic (exact) mass is 272 g/mol. The summed E-state index contributed by atoms with van der Waals surface area (Å²) in [6, 6.07) is 1.35. The summed E-state index contributed by atoms with van der Waals surface area (Å²) in [6.45, 7) is 0.113. The maximum absolute atomic E-state index is 13.8. The molecule has 1 aliphatic heterocycles. The highest BCUT2D eigenvalue weighted by atomic mass is 19.1. The third kappa shape index (κ3) is 2.39. The van der Waals surface area contributed by atoms with Crippen LogP contribution < -0.4 is 0 Å². The van der Waals surface area contributed by atoms with Gasteiger partial charge in [-0.15, -0.1) is 0 Å². The van der Waals surface area contributed by atoms with Crippen LogP contribution in [0.3, 0.4) is 0 Å². The van der Waals surface area contributed by atoms with Gasteiger partial charge in [0, 0.05) is 19.2 Å². The van der Waals surface area contributed by atoms with E-state index in [0.717, 1.165) is 4.90 Å². The molecule has 1 saturated heterocycles. The van der Waals surface area contributed by atoms with Crippen molar-refractivity contribution in [2.45, 2.75) is 12.5 Å². The van der Waals surface area contributed by atoms with E-state index < -0.39 is 39.8 Å². The first kappa shape index (κ1) is 13.3. The van der Waals surface area contributed by atoms with Gasteiger partial charge in [0.25, 0.3) is 5.91 Å². The molecule has 1 atom stereocenters. The van der Waals surface area contributed by atoms with E-state index in [-0.39, 0.29) is 13.1 Å². The van der Waals surface area contributed by atoms with Crippen molar-refractivity contribution >= 4 is 11.6 Å². The summed E-state index contributed by atoms with van der Waals surface area (Å²) >= 11 is 0. The van der Waals surface area contributed by atoms with Crippen molar-refractivity contribution in [3.8, 4) is 0 Å². The molecule has 0 radical (unpaired) electrons. The van der Waals surface area contributed by atoms with Crippen molar-refractivity contribution in [2.75, 3.05) is 13.1 Å². The molecule has 2 rings (SSSR count). The summed E-state index contributed by atoms with van der Waals surface area (Å²) in [5.74, 6) is -3.64. The van der Waals surface area contributed by atoms with Gasteiger partial charge in [-0.2, -0.15) is 4.39 Å². The van der Waals surface area contributed by atoms with E-state index in [1.807, 2.05) is 0 Å². The zero-order valence-electron chi connectivity index (χ0n) is 9.68. The van der Waals surface area contributed by atoms with Crippen molar-refractivity contribution in [3.63, 3.8) is 0 Å². The summed E-state index contributed by atoms with van der Waals surface area (Å²) < 4.78 is 27.3. The Labute approximate surface area is 106 Å². The Morgan fingerprint density at radius 2 is 2.16 bits per heavy atom. The number of aliphatic hydroxyl groups is 1. The van der Waals surface area contributed by atoms with Gasteiger partial charge >= 0.3 is 5.69 Å². The first-order valence-corrected chi connectivity index (χ1v) is 5.51. The molecule has 19 heavy (non-hydrogen) atoms. The fraction of sp³-hybridized carbons (Fsp3) is 0.364. The van der Waals surface area contributed by atoms with Crippen LogP contribution >= 0.6 is 0 Å². The standard InChI is InChI=1S/C11H10F2N2O4/c12-7-1-2-8(15(18)19)10(13)9(7)11(17)14-4-3-6(16)5-14/h1-2,6,16H,3-5H2/t6-/m0/s1. The molecule has 0 bridgehead atoms. The summed E-state index contributed by atoms with van der Waals surface area (Å²) in [4.78, 5) is 22.5. The molecule has 6 nitrogen and oxygen atoms in total. The van der Waals surface area contributed by atoms with Gasteiger partial charge in [-0.05, 0) is 12.5 Å². The van der Waals surface area contributed by atoms with Crippen LogP contribution in [0.5, 0.6) is 0 Å². The number of amides is 1. The number of nitro groups is 1. The quantitative estimate of drug-likeness (QED) is 0.645. The molecule has 1 fully saturated rings. The van der Waals surface area contributed by atoms with Crippen LogP contribution in [0.4, 0.5) is 14.5 Å². The minimum Gasteiger partial charge on any atom is -0.391 e. The highest BCUT2D eigenvalue weighted by molar-refractivity contribution is 5.95. The second-order valence-corrected chi connectivity index (χ2v) is 4.21. The van der Waals surface area contributed by atoms with E-state index in [9.17, 15) is 28.8 Å². The second kappa shape index (κ2) is 4.88.